The second-order valence-corrected chi connectivity index (χ2v) is 4.71. The second kappa shape index (κ2) is 8.71. The van der Waals surface area contributed by atoms with Crippen LogP contribution in [-0.4, -0.2) is 31.3 Å². The van der Waals surface area contributed by atoms with E-state index in [1.54, 1.807) is 13.4 Å². The van der Waals surface area contributed by atoms with Crippen molar-refractivity contribution in [2.24, 2.45) is 4.99 Å². The number of guanidine groups is 1. The van der Waals surface area contributed by atoms with Gasteiger partial charge in [-0.2, -0.15) is 0 Å². The van der Waals surface area contributed by atoms with Crippen molar-refractivity contribution in [1.29, 1.82) is 0 Å². The average molecular weight is 302 g/mol. The van der Waals surface area contributed by atoms with E-state index in [2.05, 4.69) is 32.9 Å². The van der Waals surface area contributed by atoms with Crippen molar-refractivity contribution in [1.82, 2.24) is 15.8 Å². The zero-order valence-corrected chi connectivity index (χ0v) is 13.0. The van der Waals surface area contributed by atoms with Crippen molar-refractivity contribution in [2.75, 3.05) is 20.2 Å². The predicted molar refractivity (Wildman–Crippen MR) is 86.0 cm³/mol. The minimum atomic E-state index is 0.494. The molecule has 0 unspecified atom stereocenters. The highest BCUT2D eigenvalue weighted by atomic mass is 16.5. The van der Waals surface area contributed by atoms with Gasteiger partial charge in [-0.05, 0) is 31.0 Å². The van der Waals surface area contributed by atoms with E-state index in [4.69, 9.17) is 9.26 Å². The van der Waals surface area contributed by atoms with Gasteiger partial charge < -0.3 is 19.9 Å². The van der Waals surface area contributed by atoms with Gasteiger partial charge in [-0.1, -0.05) is 17.3 Å². The number of hydrogen-bond donors (Lipinski definition) is 2. The Balaban J connectivity index is 1.81. The third-order valence-electron chi connectivity index (χ3n) is 3.10. The number of rotatable bonds is 7. The van der Waals surface area contributed by atoms with Gasteiger partial charge >= 0.3 is 0 Å². The molecule has 0 saturated heterocycles. The molecule has 6 nitrogen and oxygen atoms in total. The Kier molecular flexibility index (Phi) is 6.29. The fraction of sp³-hybridized carbons (Fsp3) is 0.375. The lowest BCUT2D eigenvalue weighted by molar-refractivity contribution is 0.412. The minimum Gasteiger partial charge on any atom is -0.497 e. The Bertz CT molecular complexity index is 564. The van der Waals surface area contributed by atoms with Crippen LogP contribution in [0.3, 0.4) is 0 Å². The quantitative estimate of drug-likeness (QED) is 0.604. The van der Waals surface area contributed by atoms with Crippen molar-refractivity contribution < 1.29 is 9.26 Å². The van der Waals surface area contributed by atoms with E-state index in [1.165, 1.54) is 5.56 Å². The fourth-order valence-corrected chi connectivity index (χ4v) is 1.94. The second-order valence-electron chi connectivity index (χ2n) is 4.71. The van der Waals surface area contributed by atoms with Gasteiger partial charge in [-0.15, -0.1) is 0 Å². The average Bonchev–Trinajstić information content (AvgIpc) is 3.06. The number of ether oxygens (including phenoxy) is 1. The number of benzene rings is 1. The summed E-state index contributed by atoms with van der Waals surface area (Å²) in [6.45, 7) is 4.15. The Morgan fingerprint density at radius 3 is 2.68 bits per heavy atom. The Morgan fingerprint density at radius 2 is 2.05 bits per heavy atom. The molecule has 2 aromatic rings. The lowest BCUT2D eigenvalue weighted by Gasteiger charge is -2.11. The van der Waals surface area contributed by atoms with Crippen LogP contribution < -0.4 is 15.4 Å². The molecule has 6 heteroatoms. The number of nitrogens with one attached hydrogen (secondary N) is 2. The molecule has 0 radical (unpaired) electrons. The predicted octanol–water partition coefficient (Wildman–Crippen LogP) is 1.98. The van der Waals surface area contributed by atoms with E-state index in [0.717, 1.165) is 36.9 Å². The molecule has 0 aliphatic heterocycles. The third kappa shape index (κ3) is 5.12. The molecule has 0 bridgehead atoms. The fourth-order valence-electron chi connectivity index (χ4n) is 1.94. The summed E-state index contributed by atoms with van der Waals surface area (Å²) in [5.74, 6) is 1.65. The Labute approximate surface area is 130 Å². The first-order chi connectivity index (χ1) is 10.8. The molecular weight excluding hydrogens is 280 g/mol. The van der Waals surface area contributed by atoms with Crippen molar-refractivity contribution >= 4 is 5.96 Å². The number of methoxy groups -OCH3 is 1. The molecule has 0 saturated carbocycles. The molecule has 0 aliphatic rings. The van der Waals surface area contributed by atoms with Crippen LogP contribution >= 0.6 is 0 Å². The smallest absolute Gasteiger partial charge is 0.191 e. The molecular formula is C16H22N4O2. The summed E-state index contributed by atoms with van der Waals surface area (Å²) < 4.78 is 9.95. The first-order valence-corrected chi connectivity index (χ1v) is 7.36. The van der Waals surface area contributed by atoms with E-state index in [9.17, 15) is 0 Å². The van der Waals surface area contributed by atoms with Gasteiger partial charge in [0.15, 0.2) is 5.96 Å². The maximum atomic E-state index is 5.15. The minimum absolute atomic E-state index is 0.494. The first-order valence-electron chi connectivity index (χ1n) is 7.36. The maximum absolute atomic E-state index is 5.15. The normalized spacial score (nSPS) is 11.3. The van der Waals surface area contributed by atoms with Crippen LogP contribution in [0.2, 0.25) is 0 Å². The molecule has 1 aromatic heterocycles. The maximum Gasteiger partial charge on any atom is 0.191 e. The topological polar surface area (TPSA) is 71.7 Å². The highest BCUT2D eigenvalue weighted by molar-refractivity contribution is 5.79. The third-order valence-corrected chi connectivity index (χ3v) is 3.10. The van der Waals surface area contributed by atoms with Gasteiger partial charge in [-0.3, -0.25) is 0 Å². The Morgan fingerprint density at radius 1 is 1.23 bits per heavy atom. The van der Waals surface area contributed by atoms with Gasteiger partial charge in [0.2, 0.25) is 0 Å². The summed E-state index contributed by atoms with van der Waals surface area (Å²) in [5.41, 5.74) is 2.06. The van der Waals surface area contributed by atoms with E-state index in [-0.39, 0.29) is 0 Å². The monoisotopic (exact) mass is 302 g/mol. The van der Waals surface area contributed by atoms with Crippen LogP contribution in [0.1, 0.15) is 18.2 Å². The summed E-state index contributed by atoms with van der Waals surface area (Å²) in [6.07, 6.45) is 2.47. The first kappa shape index (κ1) is 15.9. The largest absolute Gasteiger partial charge is 0.497 e. The SMILES string of the molecule is CCNC(=NCc1ccon1)NCCc1ccc(OC)cc1. The lowest BCUT2D eigenvalue weighted by Crippen LogP contribution is -2.38. The molecule has 118 valence electrons. The summed E-state index contributed by atoms with van der Waals surface area (Å²) in [6, 6.07) is 9.89. The highest BCUT2D eigenvalue weighted by Crippen LogP contribution is 2.11. The molecule has 0 amide bonds. The number of hydrogen-bond acceptors (Lipinski definition) is 4. The number of aliphatic imine (C=N–C) groups is 1. The molecule has 1 heterocycles. The van der Waals surface area contributed by atoms with Crippen LogP contribution in [0.15, 0.2) is 46.1 Å². The van der Waals surface area contributed by atoms with E-state index in [1.807, 2.05) is 25.1 Å². The van der Waals surface area contributed by atoms with Crippen LogP contribution in [0.5, 0.6) is 5.75 Å². The van der Waals surface area contributed by atoms with E-state index < -0.39 is 0 Å². The summed E-state index contributed by atoms with van der Waals surface area (Å²) in [4.78, 5) is 4.47. The number of aromatic nitrogens is 1. The lowest BCUT2D eigenvalue weighted by atomic mass is 10.1. The zero-order chi connectivity index (χ0) is 15.6. The van der Waals surface area contributed by atoms with Crippen LogP contribution in [0.4, 0.5) is 0 Å². The van der Waals surface area contributed by atoms with Gasteiger partial charge in [0.1, 0.15) is 17.7 Å². The van der Waals surface area contributed by atoms with Crippen LogP contribution in [0.25, 0.3) is 0 Å². The van der Waals surface area contributed by atoms with Crippen molar-refractivity contribution in [2.45, 2.75) is 19.9 Å². The van der Waals surface area contributed by atoms with Crippen molar-refractivity contribution in [3.63, 3.8) is 0 Å². The van der Waals surface area contributed by atoms with Crippen LogP contribution in [-0.2, 0) is 13.0 Å². The van der Waals surface area contributed by atoms with Gasteiger partial charge in [0.05, 0.1) is 13.7 Å². The van der Waals surface area contributed by atoms with Crippen molar-refractivity contribution in [3.05, 3.63) is 47.9 Å². The molecule has 0 spiro atoms. The highest BCUT2D eigenvalue weighted by Gasteiger charge is 2.00. The van der Waals surface area contributed by atoms with Crippen LogP contribution in [0, 0.1) is 0 Å². The molecule has 0 fully saturated rings. The van der Waals surface area contributed by atoms with Gasteiger partial charge in [-0.25, -0.2) is 4.99 Å². The summed E-state index contributed by atoms with van der Waals surface area (Å²) in [7, 11) is 1.67. The molecule has 0 atom stereocenters. The number of nitrogens with zero attached hydrogens (tertiary/aromatic N) is 2. The zero-order valence-electron chi connectivity index (χ0n) is 13.0. The van der Waals surface area contributed by atoms with Gasteiger partial charge in [0, 0.05) is 19.2 Å². The van der Waals surface area contributed by atoms with Gasteiger partial charge in [0.25, 0.3) is 0 Å². The molecule has 0 aliphatic carbocycles. The molecule has 2 N–H and O–H groups in total. The van der Waals surface area contributed by atoms with Crippen molar-refractivity contribution in [3.8, 4) is 5.75 Å². The Hall–Kier alpha value is -2.50. The summed E-state index contributed by atoms with van der Waals surface area (Å²) in [5, 5.41) is 10.4. The molecule has 22 heavy (non-hydrogen) atoms. The standard InChI is InChI=1S/C16H22N4O2/c1-3-17-16(19-12-14-9-11-22-20-14)18-10-8-13-4-6-15(21-2)7-5-13/h4-7,9,11H,3,8,10,12H2,1-2H3,(H2,17,18,19). The van der Waals surface area contributed by atoms with E-state index in [0.29, 0.717) is 6.54 Å². The van der Waals surface area contributed by atoms with E-state index >= 15 is 0 Å². The molecule has 1 aromatic carbocycles. The molecule has 2 rings (SSSR count). The summed E-state index contributed by atoms with van der Waals surface area (Å²) >= 11 is 0.